The largest absolute Gasteiger partial charge is 0.480 e. The van der Waals surface area contributed by atoms with Crippen molar-refractivity contribution in [3.8, 4) is 0 Å². The van der Waals surface area contributed by atoms with Crippen LogP contribution in [0.25, 0.3) is 0 Å². The Morgan fingerprint density at radius 3 is 1.76 bits per heavy atom. The molecule has 0 rings (SSSR count). The van der Waals surface area contributed by atoms with E-state index in [2.05, 4.69) is 28.6 Å². The molecule has 18 heteroatoms. The maximum atomic E-state index is 12.8. The highest BCUT2D eigenvalue weighted by Gasteiger charge is 2.31. The van der Waals surface area contributed by atoms with E-state index in [1.165, 1.54) is 11.8 Å². The van der Waals surface area contributed by atoms with Gasteiger partial charge in [0, 0.05) is 12.2 Å². The fourth-order valence-corrected chi connectivity index (χ4v) is 3.56. The first kappa shape index (κ1) is 34.9. The van der Waals surface area contributed by atoms with Gasteiger partial charge in [0.1, 0.15) is 24.2 Å². The Balaban J connectivity index is 5.55. The molecular formula is C20H35N7O9S2. The third-order valence-corrected chi connectivity index (χ3v) is 5.94. The number of carbonyl (C=O) groups excluding carboxylic acids is 6. The van der Waals surface area contributed by atoms with Gasteiger partial charge in [-0.15, -0.1) is 0 Å². The van der Waals surface area contributed by atoms with Gasteiger partial charge in [0.25, 0.3) is 0 Å². The minimum Gasteiger partial charge on any atom is -0.480 e. The molecule has 16 nitrogen and oxygen atoms in total. The number of amides is 6. The summed E-state index contributed by atoms with van der Waals surface area (Å²) in [4.78, 5) is 84.2. The normalized spacial score (nSPS) is 14.6. The van der Waals surface area contributed by atoms with Crippen molar-refractivity contribution in [3.63, 3.8) is 0 Å². The Morgan fingerprint density at radius 2 is 1.29 bits per heavy atom. The highest BCUT2D eigenvalue weighted by atomic mass is 32.2. The molecule has 0 spiro atoms. The van der Waals surface area contributed by atoms with E-state index in [-0.39, 0.29) is 18.6 Å². The quantitative estimate of drug-likeness (QED) is 0.0645. The number of rotatable bonds is 19. The van der Waals surface area contributed by atoms with Gasteiger partial charge in [-0.2, -0.15) is 24.4 Å². The summed E-state index contributed by atoms with van der Waals surface area (Å²) in [5.74, 6) is -6.70. The lowest BCUT2D eigenvalue weighted by molar-refractivity contribution is -0.143. The first-order chi connectivity index (χ1) is 17.8. The smallest absolute Gasteiger partial charge is 0.328 e. The van der Waals surface area contributed by atoms with E-state index in [0.717, 1.165) is 0 Å². The van der Waals surface area contributed by atoms with Gasteiger partial charge in [0.15, 0.2) is 0 Å². The number of aliphatic carboxylic acids is 1. The van der Waals surface area contributed by atoms with Crippen LogP contribution in [-0.4, -0.2) is 106 Å². The fourth-order valence-electron chi connectivity index (χ4n) is 2.82. The Hall–Kier alpha value is -3.09. The molecule has 0 aromatic rings. The van der Waals surface area contributed by atoms with Crippen molar-refractivity contribution >= 4 is 65.8 Å². The van der Waals surface area contributed by atoms with Crippen LogP contribution >= 0.6 is 24.4 Å². The zero-order chi connectivity index (χ0) is 29.4. The van der Waals surface area contributed by atoms with Gasteiger partial charge in [0.05, 0.1) is 19.1 Å². The Bertz CT molecular complexity index is 878. The summed E-state index contributed by atoms with van der Waals surface area (Å²) < 4.78 is 0. The van der Waals surface area contributed by atoms with Crippen LogP contribution in [0, 0.1) is 0 Å². The third kappa shape index (κ3) is 13.5. The molecule has 38 heavy (non-hydrogen) atoms. The Morgan fingerprint density at radius 1 is 0.789 bits per heavy atom. The molecule has 5 atom stereocenters. The summed E-state index contributed by atoms with van der Waals surface area (Å²) in [7, 11) is 0. The molecule has 0 aliphatic heterocycles. The van der Waals surface area contributed by atoms with Crippen molar-refractivity contribution in [2.45, 2.75) is 55.9 Å². The molecule has 0 radical (unpaired) electrons. The zero-order valence-corrected chi connectivity index (χ0v) is 22.4. The molecule has 0 fully saturated rings. The van der Waals surface area contributed by atoms with Gasteiger partial charge in [-0.25, -0.2) is 4.79 Å². The molecule has 0 unspecified atom stereocenters. The van der Waals surface area contributed by atoms with Gasteiger partial charge in [0.2, 0.25) is 35.4 Å². The molecule has 216 valence electrons. The number of thiol groups is 1. The van der Waals surface area contributed by atoms with Crippen LogP contribution < -0.4 is 38.5 Å². The van der Waals surface area contributed by atoms with Crippen molar-refractivity contribution in [2.24, 2.45) is 17.2 Å². The second-order valence-corrected chi connectivity index (χ2v) is 9.36. The average molecular weight is 582 g/mol. The summed E-state index contributed by atoms with van der Waals surface area (Å²) >= 11 is 5.46. The summed E-state index contributed by atoms with van der Waals surface area (Å²) in [5.41, 5.74) is 16.0. The minimum atomic E-state index is -1.68. The van der Waals surface area contributed by atoms with E-state index in [4.69, 9.17) is 27.4 Å². The average Bonchev–Trinajstić information content (AvgIpc) is 2.84. The lowest BCUT2D eigenvalue weighted by Gasteiger charge is -2.25. The maximum absolute atomic E-state index is 12.8. The lowest BCUT2D eigenvalue weighted by atomic mass is 10.1. The topological polar surface area (TPSA) is 286 Å². The molecule has 0 aromatic heterocycles. The number of nitrogens with two attached hydrogens (primary N) is 3. The monoisotopic (exact) mass is 581 g/mol. The SMILES string of the molecule is CSCC[C@H](N)C(=O)N[C@@H](CC(N)=O)C(=O)N[C@@H](CS)C(=O)N[C@@H](CCC(N)=O)C(=O)N[C@@H](CO)C(=O)O. The van der Waals surface area contributed by atoms with Crippen LogP contribution in [0.4, 0.5) is 0 Å². The Labute approximate surface area is 228 Å². The molecule has 0 aromatic carbocycles. The van der Waals surface area contributed by atoms with E-state index in [0.29, 0.717) is 12.2 Å². The number of aliphatic hydroxyl groups excluding tert-OH is 1. The lowest BCUT2D eigenvalue weighted by Crippen LogP contribution is -2.59. The standard InChI is InChI=1S/C20H35N7O9S2/c1-38-5-4-9(21)16(31)25-11(6-15(23)30)18(33)27-13(8-37)19(34)24-10(2-3-14(22)29)17(32)26-12(7-28)20(35)36/h9-13,28,37H,2-8,21H2,1H3,(H2,22,29)(H2,23,30)(H,24,34)(H,25,31)(H,26,32)(H,27,33)(H,35,36)/t9-,10-,11-,12-,13-/m0/s1. The van der Waals surface area contributed by atoms with Crippen LogP contribution in [0.1, 0.15) is 25.7 Å². The first-order valence-corrected chi connectivity index (χ1v) is 13.3. The third-order valence-electron chi connectivity index (χ3n) is 4.93. The molecule has 0 heterocycles. The molecule has 0 bridgehead atoms. The molecule has 6 amide bonds. The second-order valence-electron chi connectivity index (χ2n) is 8.01. The Kier molecular flexibility index (Phi) is 16.7. The molecule has 12 N–H and O–H groups in total. The highest BCUT2D eigenvalue weighted by molar-refractivity contribution is 7.98. The van der Waals surface area contributed by atoms with Crippen LogP contribution in [0.2, 0.25) is 0 Å². The molecule has 0 saturated carbocycles. The van der Waals surface area contributed by atoms with Gasteiger partial charge >= 0.3 is 5.97 Å². The van der Waals surface area contributed by atoms with Crippen LogP contribution in [0.5, 0.6) is 0 Å². The minimum absolute atomic E-state index is 0.299. The fraction of sp³-hybridized carbons (Fsp3) is 0.650. The van der Waals surface area contributed by atoms with Gasteiger partial charge in [-0.3, -0.25) is 28.8 Å². The number of thioether (sulfide) groups is 1. The second kappa shape index (κ2) is 18.2. The summed E-state index contributed by atoms with van der Waals surface area (Å²) in [6.07, 6.45) is 0.821. The van der Waals surface area contributed by atoms with E-state index in [1.54, 1.807) is 0 Å². The van der Waals surface area contributed by atoms with Crippen molar-refractivity contribution in [1.82, 2.24) is 21.3 Å². The molecule has 0 aliphatic carbocycles. The summed E-state index contributed by atoms with van der Waals surface area (Å²) in [6.45, 7) is -0.944. The zero-order valence-electron chi connectivity index (χ0n) is 20.7. The van der Waals surface area contributed by atoms with Crippen LogP contribution in [-0.2, 0) is 33.6 Å². The maximum Gasteiger partial charge on any atom is 0.328 e. The molecular weight excluding hydrogens is 546 g/mol. The molecule has 0 saturated heterocycles. The number of carboxylic acid groups (broad SMARTS) is 1. The highest BCUT2D eigenvalue weighted by Crippen LogP contribution is 2.03. The number of hydrogen-bond donors (Lipinski definition) is 10. The number of carbonyl (C=O) groups is 7. The molecule has 0 aliphatic rings. The van der Waals surface area contributed by atoms with Crippen LogP contribution in [0.3, 0.4) is 0 Å². The number of carboxylic acids is 1. The van der Waals surface area contributed by atoms with E-state index >= 15 is 0 Å². The predicted octanol–water partition coefficient (Wildman–Crippen LogP) is -4.85. The van der Waals surface area contributed by atoms with Crippen LogP contribution in [0.15, 0.2) is 0 Å². The summed E-state index contributed by atoms with van der Waals surface area (Å²) in [6, 6.07) is -6.99. The van der Waals surface area contributed by atoms with Crippen molar-refractivity contribution in [3.05, 3.63) is 0 Å². The van der Waals surface area contributed by atoms with E-state index in [1.807, 2.05) is 11.6 Å². The van der Waals surface area contributed by atoms with Gasteiger partial charge in [-0.1, -0.05) is 0 Å². The summed E-state index contributed by atoms with van der Waals surface area (Å²) in [5, 5.41) is 27.0. The van der Waals surface area contributed by atoms with Crippen molar-refractivity contribution < 1.29 is 43.8 Å². The van der Waals surface area contributed by atoms with Gasteiger partial charge in [-0.05, 0) is 24.9 Å². The van der Waals surface area contributed by atoms with Crippen molar-refractivity contribution in [1.29, 1.82) is 0 Å². The van der Waals surface area contributed by atoms with Crippen molar-refractivity contribution in [2.75, 3.05) is 24.4 Å². The van der Waals surface area contributed by atoms with E-state index < -0.39 is 84.6 Å². The number of hydrogen-bond acceptors (Lipinski definition) is 11. The van der Waals surface area contributed by atoms with Gasteiger partial charge < -0.3 is 48.7 Å². The van der Waals surface area contributed by atoms with E-state index in [9.17, 15) is 33.6 Å². The number of primary amides is 2. The number of aliphatic hydroxyl groups is 1. The first-order valence-electron chi connectivity index (χ1n) is 11.2. The number of nitrogens with one attached hydrogen (secondary N) is 4. The predicted molar refractivity (Wildman–Crippen MR) is 140 cm³/mol.